The normalized spacial score (nSPS) is 19.0. The molecule has 0 aliphatic carbocycles. The minimum atomic E-state index is -0.868. The number of hydrogen-bond donors (Lipinski definition) is 3. The van der Waals surface area contributed by atoms with E-state index in [1.807, 2.05) is 13.1 Å². The van der Waals surface area contributed by atoms with Gasteiger partial charge in [0.1, 0.15) is 11.3 Å². The number of oxime groups is 1. The Bertz CT molecular complexity index is 510. The maximum Gasteiger partial charge on any atom is 0.413 e. The number of benzene rings is 1. The monoisotopic (exact) mass is 292 g/mol. The van der Waals surface area contributed by atoms with Gasteiger partial charge in [0.05, 0.1) is 0 Å². The molecule has 0 bridgehead atoms. The standard InChI is InChI=1S/C14H20N4O3/c1-18-9-7-14(8-10-18,12(15)17-20)16-13(19)21-11-5-3-2-4-6-11/h2-6,20H,7-10H2,1H3,(H2,15,17)(H,16,19). The summed E-state index contributed by atoms with van der Waals surface area (Å²) >= 11 is 0. The minimum absolute atomic E-state index is 0.000566. The molecular formula is C14H20N4O3. The number of hydrogen-bond acceptors (Lipinski definition) is 5. The zero-order chi connectivity index (χ0) is 15.3. The van der Waals surface area contributed by atoms with Crippen molar-refractivity contribution in [3.63, 3.8) is 0 Å². The third-order valence-electron chi connectivity index (χ3n) is 3.73. The van der Waals surface area contributed by atoms with Crippen molar-refractivity contribution in [2.45, 2.75) is 18.4 Å². The van der Waals surface area contributed by atoms with E-state index in [2.05, 4.69) is 15.4 Å². The van der Waals surface area contributed by atoms with Crippen molar-refractivity contribution in [3.8, 4) is 5.75 Å². The van der Waals surface area contributed by atoms with Crippen LogP contribution in [0.3, 0.4) is 0 Å². The number of nitrogens with two attached hydrogens (primary N) is 1. The molecule has 1 saturated heterocycles. The summed E-state index contributed by atoms with van der Waals surface area (Å²) in [6, 6.07) is 8.75. The minimum Gasteiger partial charge on any atom is -0.410 e. The Hall–Kier alpha value is -2.28. The average molecular weight is 292 g/mol. The van der Waals surface area contributed by atoms with Gasteiger partial charge in [0.2, 0.25) is 0 Å². The van der Waals surface area contributed by atoms with Gasteiger partial charge in [0.25, 0.3) is 0 Å². The molecular weight excluding hydrogens is 272 g/mol. The molecule has 1 aliphatic rings. The number of ether oxygens (including phenoxy) is 1. The summed E-state index contributed by atoms with van der Waals surface area (Å²) in [6.07, 6.45) is 0.504. The van der Waals surface area contributed by atoms with Gasteiger partial charge in [-0.15, -0.1) is 0 Å². The van der Waals surface area contributed by atoms with Gasteiger partial charge in [-0.2, -0.15) is 0 Å². The molecule has 0 aromatic heterocycles. The maximum atomic E-state index is 12.0. The number of nitrogens with one attached hydrogen (secondary N) is 1. The van der Waals surface area contributed by atoms with Gasteiger partial charge < -0.3 is 25.9 Å². The fourth-order valence-electron chi connectivity index (χ4n) is 2.36. The molecule has 4 N–H and O–H groups in total. The first-order chi connectivity index (χ1) is 10.1. The Balaban J connectivity index is 2.07. The number of likely N-dealkylation sites (tertiary alicyclic amines) is 1. The molecule has 2 rings (SSSR count). The number of piperidine rings is 1. The average Bonchev–Trinajstić information content (AvgIpc) is 2.50. The number of nitrogens with zero attached hydrogens (tertiary/aromatic N) is 2. The smallest absolute Gasteiger partial charge is 0.410 e. The fraction of sp³-hybridized carbons (Fsp3) is 0.429. The Morgan fingerprint density at radius 2 is 2.00 bits per heavy atom. The van der Waals surface area contributed by atoms with Crippen LogP contribution in [-0.2, 0) is 0 Å². The van der Waals surface area contributed by atoms with Crippen molar-refractivity contribution >= 4 is 11.9 Å². The molecule has 0 saturated carbocycles. The van der Waals surface area contributed by atoms with Gasteiger partial charge in [0, 0.05) is 13.1 Å². The van der Waals surface area contributed by atoms with Crippen LogP contribution in [0.15, 0.2) is 35.5 Å². The van der Waals surface area contributed by atoms with E-state index < -0.39 is 11.6 Å². The first-order valence-corrected chi connectivity index (χ1v) is 6.77. The van der Waals surface area contributed by atoms with Crippen LogP contribution < -0.4 is 15.8 Å². The zero-order valence-corrected chi connectivity index (χ0v) is 12.0. The zero-order valence-electron chi connectivity index (χ0n) is 12.0. The molecule has 0 radical (unpaired) electrons. The third-order valence-corrected chi connectivity index (χ3v) is 3.73. The number of carbonyl (C=O) groups excluding carboxylic acids is 1. The summed E-state index contributed by atoms with van der Waals surface area (Å²) in [5, 5.41) is 14.8. The van der Waals surface area contributed by atoms with Gasteiger partial charge in [-0.25, -0.2) is 4.79 Å². The van der Waals surface area contributed by atoms with E-state index in [9.17, 15) is 4.79 Å². The Morgan fingerprint density at radius 1 is 1.38 bits per heavy atom. The summed E-state index contributed by atoms with van der Waals surface area (Å²) in [5.41, 5.74) is 4.91. The molecule has 1 aromatic carbocycles. The highest BCUT2D eigenvalue weighted by molar-refractivity contribution is 5.93. The molecule has 7 nitrogen and oxygen atoms in total. The summed E-state index contributed by atoms with van der Waals surface area (Å²) in [7, 11) is 1.98. The highest BCUT2D eigenvalue weighted by Gasteiger charge is 2.40. The molecule has 7 heteroatoms. The molecule has 21 heavy (non-hydrogen) atoms. The third kappa shape index (κ3) is 3.63. The second-order valence-corrected chi connectivity index (χ2v) is 5.20. The number of rotatable bonds is 3. The SMILES string of the molecule is CN1CCC(NC(=O)Oc2ccccc2)(/C(N)=N/O)CC1. The molecule has 1 fully saturated rings. The Labute approximate surface area is 123 Å². The first-order valence-electron chi connectivity index (χ1n) is 6.77. The molecule has 1 heterocycles. The van der Waals surface area contributed by atoms with Crippen LogP contribution >= 0.6 is 0 Å². The molecule has 114 valence electrons. The van der Waals surface area contributed by atoms with Crippen LogP contribution in [-0.4, -0.2) is 47.7 Å². The second kappa shape index (κ2) is 6.45. The van der Waals surface area contributed by atoms with Gasteiger partial charge in [-0.3, -0.25) is 0 Å². The van der Waals surface area contributed by atoms with Crippen LogP contribution in [0, 0.1) is 0 Å². The van der Waals surface area contributed by atoms with Gasteiger partial charge >= 0.3 is 6.09 Å². The van der Waals surface area contributed by atoms with Gasteiger partial charge in [0.15, 0.2) is 5.84 Å². The highest BCUT2D eigenvalue weighted by Crippen LogP contribution is 2.22. The molecule has 1 aromatic rings. The topological polar surface area (TPSA) is 100 Å². The van der Waals surface area contributed by atoms with Crippen molar-refractivity contribution in [3.05, 3.63) is 30.3 Å². The van der Waals surface area contributed by atoms with Crippen molar-refractivity contribution in [2.24, 2.45) is 10.9 Å². The van der Waals surface area contributed by atoms with Crippen LogP contribution in [0.1, 0.15) is 12.8 Å². The van der Waals surface area contributed by atoms with Crippen LogP contribution in [0.5, 0.6) is 5.75 Å². The fourth-order valence-corrected chi connectivity index (χ4v) is 2.36. The lowest BCUT2D eigenvalue weighted by molar-refractivity contribution is 0.165. The maximum absolute atomic E-state index is 12.0. The predicted octanol–water partition coefficient (Wildman–Crippen LogP) is 0.986. The summed E-state index contributed by atoms with van der Waals surface area (Å²) in [4.78, 5) is 14.2. The molecule has 1 amide bonds. The van der Waals surface area contributed by atoms with Crippen LogP contribution in [0.25, 0.3) is 0 Å². The van der Waals surface area contributed by atoms with Gasteiger partial charge in [-0.1, -0.05) is 23.4 Å². The lowest BCUT2D eigenvalue weighted by Crippen LogP contribution is -2.62. The van der Waals surface area contributed by atoms with Crippen molar-refractivity contribution in [2.75, 3.05) is 20.1 Å². The number of carbonyl (C=O) groups is 1. The van der Waals surface area contributed by atoms with E-state index in [1.54, 1.807) is 24.3 Å². The summed E-state index contributed by atoms with van der Waals surface area (Å²) in [5.74, 6) is 0.443. The molecule has 0 atom stereocenters. The predicted molar refractivity (Wildman–Crippen MR) is 78.5 cm³/mol. The van der Waals surface area contributed by atoms with E-state index in [-0.39, 0.29) is 5.84 Å². The largest absolute Gasteiger partial charge is 0.413 e. The number of amidine groups is 1. The van der Waals surface area contributed by atoms with Crippen molar-refractivity contribution < 1.29 is 14.7 Å². The number of amides is 1. The van der Waals surface area contributed by atoms with Crippen LogP contribution in [0.4, 0.5) is 4.79 Å². The molecule has 1 aliphatic heterocycles. The Kier molecular flexibility index (Phi) is 4.64. The first kappa shape index (κ1) is 15.1. The quantitative estimate of drug-likeness (QED) is 0.334. The highest BCUT2D eigenvalue weighted by atomic mass is 16.6. The summed E-state index contributed by atoms with van der Waals surface area (Å²) < 4.78 is 5.21. The number of para-hydroxylation sites is 1. The van der Waals surface area contributed by atoms with E-state index in [4.69, 9.17) is 15.7 Å². The van der Waals surface area contributed by atoms with E-state index >= 15 is 0 Å². The van der Waals surface area contributed by atoms with E-state index in [1.165, 1.54) is 0 Å². The van der Waals surface area contributed by atoms with Crippen molar-refractivity contribution in [1.82, 2.24) is 10.2 Å². The van der Waals surface area contributed by atoms with E-state index in [0.717, 1.165) is 13.1 Å². The lowest BCUT2D eigenvalue weighted by atomic mass is 9.86. The molecule has 0 spiro atoms. The molecule has 0 unspecified atom stereocenters. The Morgan fingerprint density at radius 3 is 2.57 bits per heavy atom. The second-order valence-electron chi connectivity index (χ2n) is 5.20. The van der Waals surface area contributed by atoms with Gasteiger partial charge in [-0.05, 0) is 32.0 Å². The summed E-state index contributed by atoms with van der Waals surface area (Å²) in [6.45, 7) is 1.48. The van der Waals surface area contributed by atoms with E-state index in [0.29, 0.717) is 18.6 Å². The van der Waals surface area contributed by atoms with Crippen molar-refractivity contribution in [1.29, 1.82) is 0 Å². The lowest BCUT2D eigenvalue weighted by Gasteiger charge is -2.39. The van der Waals surface area contributed by atoms with Crippen LogP contribution in [0.2, 0.25) is 0 Å².